The molecule has 32 heavy (non-hydrogen) atoms. The Balaban J connectivity index is 1.47. The number of β-amino-alcohol motifs (C(OH)–C–C–N with tert-alkyl or cyclic N) is 1. The predicted octanol–water partition coefficient (Wildman–Crippen LogP) is 3.56. The average Bonchev–Trinajstić information content (AvgIpc) is 2.82. The summed E-state index contributed by atoms with van der Waals surface area (Å²) in [6.45, 7) is 8.41. The third kappa shape index (κ3) is 5.57. The van der Waals surface area contributed by atoms with Gasteiger partial charge in [0.15, 0.2) is 0 Å². The highest BCUT2D eigenvalue weighted by Gasteiger charge is 2.21. The van der Waals surface area contributed by atoms with Crippen LogP contribution in [-0.2, 0) is 6.61 Å². The number of hydrogen-bond donors (Lipinski definition) is 2. The molecule has 0 amide bonds. The van der Waals surface area contributed by atoms with Crippen molar-refractivity contribution in [3.63, 3.8) is 0 Å². The number of aromatic amines is 1. The molecule has 1 aromatic heterocycles. The van der Waals surface area contributed by atoms with Crippen molar-refractivity contribution in [2.24, 2.45) is 0 Å². The molecule has 2 aromatic carbocycles. The summed E-state index contributed by atoms with van der Waals surface area (Å²) < 4.78 is 6.02. The number of H-pyrrole nitrogens is 1. The molecule has 0 radical (unpaired) electrons. The van der Waals surface area contributed by atoms with Crippen LogP contribution in [0.15, 0.2) is 59.4 Å². The van der Waals surface area contributed by atoms with E-state index in [0.29, 0.717) is 24.4 Å². The van der Waals surface area contributed by atoms with Gasteiger partial charge < -0.3 is 19.7 Å². The zero-order valence-corrected chi connectivity index (χ0v) is 18.8. The van der Waals surface area contributed by atoms with Gasteiger partial charge in [0.05, 0.1) is 11.6 Å². The molecule has 1 aliphatic rings. The van der Waals surface area contributed by atoms with Crippen molar-refractivity contribution in [3.8, 4) is 5.75 Å². The van der Waals surface area contributed by atoms with E-state index in [1.165, 1.54) is 18.9 Å². The molecule has 6 heteroatoms. The topological polar surface area (TPSA) is 68.8 Å². The minimum absolute atomic E-state index is 0.183. The van der Waals surface area contributed by atoms with Gasteiger partial charge in [0.25, 0.3) is 0 Å². The first kappa shape index (κ1) is 22.5. The second-order valence-electron chi connectivity index (χ2n) is 8.55. The Kier molecular flexibility index (Phi) is 7.58. The maximum Gasteiger partial charge on any atom is 0.248 e. The monoisotopic (exact) mass is 435 g/mol. The van der Waals surface area contributed by atoms with Crippen LogP contribution in [0, 0.1) is 0 Å². The number of fused-ring (bicyclic) bond motifs is 1. The Morgan fingerprint density at radius 1 is 1.00 bits per heavy atom. The maximum atomic E-state index is 12.0. The van der Waals surface area contributed by atoms with Gasteiger partial charge in [-0.2, -0.15) is 0 Å². The zero-order chi connectivity index (χ0) is 22.3. The van der Waals surface area contributed by atoms with Gasteiger partial charge in [-0.3, -0.25) is 9.69 Å². The third-order valence-electron chi connectivity index (χ3n) is 6.21. The minimum Gasteiger partial charge on any atom is -0.487 e. The quantitative estimate of drug-likeness (QED) is 0.538. The normalized spacial score (nSPS) is 16.3. The van der Waals surface area contributed by atoms with Crippen LogP contribution in [0.4, 0.5) is 0 Å². The number of aliphatic hydroxyl groups excluding tert-OH is 1. The van der Waals surface area contributed by atoms with Crippen LogP contribution in [0.1, 0.15) is 37.0 Å². The standard InChI is InChI=1S/C26H33N3O3/c1-2-3-13-28-14-16-29(17-15-28)18-23(30)21-9-11-24(26-22(21)10-12-25(31)27-26)32-19-20-7-5-4-6-8-20/h4-12,23,30H,2-3,13-19H2,1H3,(H,27,31). The SMILES string of the molecule is CCCCN1CCN(CC(O)c2ccc(OCc3ccccc3)c3[nH]c(=O)ccc23)CC1. The zero-order valence-electron chi connectivity index (χ0n) is 18.8. The highest BCUT2D eigenvalue weighted by atomic mass is 16.5. The molecule has 0 bridgehead atoms. The number of benzene rings is 2. The van der Waals surface area contributed by atoms with E-state index in [0.717, 1.165) is 49.2 Å². The van der Waals surface area contributed by atoms with Crippen LogP contribution in [0.3, 0.4) is 0 Å². The first-order valence-corrected chi connectivity index (χ1v) is 11.6. The van der Waals surface area contributed by atoms with E-state index in [4.69, 9.17) is 4.74 Å². The largest absolute Gasteiger partial charge is 0.487 e. The van der Waals surface area contributed by atoms with E-state index in [-0.39, 0.29) is 5.56 Å². The maximum absolute atomic E-state index is 12.0. The number of rotatable bonds is 9. The molecule has 0 aliphatic carbocycles. The summed E-state index contributed by atoms with van der Waals surface area (Å²) in [4.78, 5) is 19.8. The number of aliphatic hydroxyl groups is 1. The second-order valence-corrected chi connectivity index (χ2v) is 8.55. The fraction of sp³-hybridized carbons (Fsp3) is 0.423. The first-order chi connectivity index (χ1) is 15.6. The summed E-state index contributed by atoms with van der Waals surface area (Å²) in [6, 6.07) is 17.0. The lowest BCUT2D eigenvalue weighted by Gasteiger charge is -2.35. The van der Waals surface area contributed by atoms with E-state index in [1.54, 1.807) is 6.07 Å². The van der Waals surface area contributed by atoms with Crippen LogP contribution in [0.5, 0.6) is 5.75 Å². The van der Waals surface area contributed by atoms with Crippen molar-refractivity contribution >= 4 is 10.9 Å². The highest BCUT2D eigenvalue weighted by Crippen LogP contribution is 2.30. The van der Waals surface area contributed by atoms with E-state index < -0.39 is 6.10 Å². The fourth-order valence-electron chi connectivity index (χ4n) is 4.31. The summed E-state index contributed by atoms with van der Waals surface area (Å²) in [6.07, 6.45) is 1.83. The molecule has 170 valence electrons. The van der Waals surface area contributed by atoms with Crippen molar-refractivity contribution in [1.29, 1.82) is 0 Å². The van der Waals surface area contributed by atoms with E-state index in [9.17, 15) is 9.90 Å². The number of piperazine rings is 1. The van der Waals surface area contributed by atoms with Crippen LogP contribution in [-0.4, -0.2) is 59.2 Å². The first-order valence-electron chi connectivity index (χ1n) is 11.6. The lowest BCUT2D eigenvalue weighted by Crippen LogP contribution is -2.47. The smallest absolute Gasteiger partial charge is 0.248 e. The molecule has 0 saturated carbocycles. The van der Waals surface area contributed by atoms with Crippen molar-refractivity contribution in [2.75, 3.05) is 39.3 Å². The summed E-state index contributed by atoms with van der Waals surface area (Å²) >= 11 is 0. The van der Waals surface area contributed by atoms with E-state index in [1.807, 2.05) is 42.5 Å². The predicted molar refractivity (Wildman–Crippen MR) is 128 cm³/mol. The van der Waals surface area contributed by atoms with Crippen LogP contribution in [0.2, 0.25) is 0 Å². The summed E-state index contributed by atoms with van der Waals surface area (Å²) in [5.74, 6) is 0.613. The number of pyridine rings is 1. The lowest BCUT2D eigenvalue weighted by atomic mass is 10.0. The van der Waals surface area contributed by atoms with Crippen LogP contribution in [0.25, 0.3) is 10.9 Å². The number of nitrogens with one attached hydrogen (secondary N) is 1. The number of hydrogen-bond acceptors (Lipinski definition) is 5. The highest BCUT2D eigenvalue weighted by molar-refractivity contribution is 5.87. The summed E-state index contributed by atoms with van der Waals surface area (Å²) in [5, 5.41) is 11.9. The fourth-order valence-corrected chi connectivity index (χ4v) is 4.31. The molecule has 2 N–H and O–H groups in total. The molecule has 6 nitrogen and oxygen atoms in total. The van der Waals surface area contributed by atoms with E-state index >= 15 is 0 Å². The Morgan fingerprint density at radius 3 is 2.50 bits per heavy atom. The Hall–Kier alpha value is -2.67. The van der Waals surface area contributed by atoms with Gasteiger partial charge in [-0.1, -0.05) is 49.7 Å². The third-order valence-corrected chi connectivity index (χ3v) is 6.21. The molecule has 1 saturated heterocycles. The molecule has 1 fully saturated rings. The number of aromatic nitrogens is 1. The Labute approximate surface area is 189 Å². The molecular weight excluding hydrogens is 402 g/mol. The van der Waals surface area contributed by atoms with Crippen LogP contribution >= 0.6 is 0 Å². The van der Waals surface area contributed by atoms with Gasteiger partial charge in [-0.25, -0.2) is 0 Å². The molecule has 2 heterocycles. The second kappa shape index (κ2) is 10.8. The molecular formula is C26H33N3O3. The van der Waals surface area contributed by atoms with Gasteiger partial charge in [-0.15, -0.1) is 0 Å². The number of nitrogens with zero attached hydrogens (tertiary/aromatic N) is 2. The molecule has 0 spiro atoms. The number of ether oxygens (including phenoxy) is 1. The molecule has 1 atom stereocenters. The minimum atomic E-state index is -0.631. The molecule has 4 rings (SSSR count). The van der Waals surface area contributed by atoms with Crippen molar-refractivity contribution in [1.82, 2.24) is 14.8 Å². The summed E-state index contributed by atoms with van der Waals surface area (Å²) in [5.41, 5.74) is 2.32. The van der Waals surface area contributed by atoms with Gasteiger partial charge in [0.1, 0.15) is 12.4 Å². The van der Waals surface area contributed by atoms with E-state index in [2.05, 4.69) is 21.7 Å². The lowest BCUT2D eigenvalue weighted by molar-refractivity contribution is 0.0727. The number of unbranched alkanes of at least 4 members (excludes halogenated alkanes) is 1. The van der Waals surface area contributed by atoms with Gasteiger partial charge >= 0.3 is 0 Å². The average molecular weight is 436 g/mol. The van der Waals surface area contributed by atoms with Crippen molar-refractivity contribution in [3.05, 3.63) is 76.1 Å². The Morgan fingerprint density at radius 2 is 1.75 bits per heavy atom. The van der Waals surface area contributed by atoms with Gasteiger partial charge in [0, 0.05) is 44.2 Å². The van der Waals surface area contributed by atoms with Gasteiger partial charge in [-0.05, 0) is 36.2 Å². The van der Waals surface area contributed by atoms with Crippen molar-refractivity contribution < 1.29 is 9.84 Å². The Bertz CT molecular complexity index is 1060. The molecule has 1 unspecified atom stereocenters. The van der Waals surface area contributed by atoms with Gasteiger partial charge in [0.2, 0.25) is 5.56 Å². The molecule has 1 aliphatic heterocycles. The van der Waals surface area contributed by atoms with Crippen LogP contribution < -0.4 is 10.3 Å². The summed E-state index contributed by atoms with van der Waals surface area (Å²) in [7, 11) is 0. The van der Waals surface area contributed by atoms with Crippen molar-refractivity contribution in [2.45, 2.75) is 32.5 Å². The molecule has 3 aromatic rings.